The molecule has 0 aromatic carbocycles. The molecule has 1 aromatic rings. The van der Waals surface area contributed by atoms with Gasteiger partial charge in [-0.3, -0.25) is 0 Å². The van der Waals surface area contributed by atoms with E-state index in [1.807, 2.05) is 38.1 Å². The smallest absolute Gasteiger partial charge is 0.176 e. The maximum absolute atomic E-state index is 5.22. The third-order valence-corrected chi connectivity index (χ3v) is 2.47. The molecule has 0 spiro atoms. The SMILES string of the molecule is COC(OC)C(C)Nc1cccnc1N(C)C. The highest BCUT2D eigenvalue weighted by Crippen LogP contribution is 2.22. The van der Waals surface area contributed by atoms with Gasteiger partial charge in [0, 0.05) is 34.5 Å². The van der Waals surface area contributed by atoms with E-state index >= 15 is 0 Å². The van der Waals surface area contributed by atoms with Gasteiger partial charge in [-0.05, 0) is 19.1 Å². The highest BCUT2D eigenvalue weighted by molar-refractivity contribution is 5.65. The van der Waals surface area contributed by atoms with Crippen LogP contribution in [0.4, 0.5) is 11.5 Å². The summed E-state index contributed by atoms with van der Waals surface area (Å²) in [7, 11) is 7.18. The fourth-order valence-electron chi connectivity index (χ4n) is 1.68. The van der Waals surface area contributed by atoms with Crippen molar-refractivity contribution in [2.45, 2.75) is 19.3 Å². The van der Waals surface area contributed by atoms with Gasteiger partial charge in [-0.15, -0.1) is 0 Å². The molecule has 0 saturated carbocycles. The van der Waals surface area contributed by atoms with Crippen LogP contribution in [0.15, 0.2) is 18.3 Å². The Morgan fingerprint density at radius 2 is 1.94 bits per heavy atom. The Morgan fingerprint density at radius 1 is 1.29 bits per heavy atom. The molecule has 0 aliphatic heterocycles. The largest absolute Gasteiger partial charge is 0.374 e. The molecular weight excluding hydrogens is 218 g/mol. The highest BCUT2D eigenvalue weighted by atomic mass is 16.7. The van der Waals surface area contributed by atoms with E-state index in [0.717, 1.165) is 11.5 Å². The Balaban J connectivity index is 2.80. The molecule has 1 rings (SSSR count). The van der Waals surface area contributed by atoms with Crippen LogP contribution in [0.5, 0.6) is 0 Å². The number of nitrogens with zero attached hydrogens (tertiary/aromatic N) is 2. The molecule has 96 valence electrons. The summed E-state index contributed by atoms with van der Waals surface area (Å²) < 4.78 is 10.4. The summed E-state index contributed by atoms with van der Waals surface area (Å²) in [5, 5.41) is 3.34. The van der Waals surface area contributed by atoms with Gasteiger partial charge < -0.3 is 19.7 Å². The van der Waals surface area contributed by atoms with Crippen molar-refractivity contribution in [2.24, 2.45) is 0 Å². The number of ether oxygens (including phenoxy) is 2. The monoisotopic (exact) mass is 239 g/mol. The lowest BCUT2D eigenvalue weighted by molar-refractivity contribution is -0.109. The van der Waals surface area contributed by atoms with E-state index in [0.29, 0.717) is 0 Å². The molecule has 1 N–H and O–H groups in total. The summed E-state index contributed by atoms with van der Waals surface area (Å²) in [4.78, 5) is 6.29. The maximum Gasteiger partial charge on any atom is 0.176 e. The zero-order valence-electron chi connectivity index (χ0n) is 11.1. The number of nitrogens with one attached hydrogen (secondary N) is 1. The van der Waals surface area contributed by atoms with E-state index in [1.54, 1.807) is 20.4 Å². The molecule has 0 saturated heterocycles. The lowest BCUT2D eigenvalue weighted by atomic mass is 10.3. The zero-order chi connectivity index (χ0) is 12.8. The number of methoxy groups -OCH3 is 2. The van der Waals surface area contributed by atoms with Gasteiger partial charge in [-0.2, -0.15) is 0 Å². The Kier molecular flexibility index (Phi) is 5.18. The average Bonchev–Trinajstić information content (AvgIpc) is 2.31. The number of hydrogen-bond donors (Lipinski definition) is 1. The quantitative estimate of drug-likeness (QED) is 0.763. The highest BCUT2D eigenvalue weighted by Gasteiger charge is 2.17. The van der Waals surface area contributed by atoms with E-state index < -0.39 is 0 Å². The third-order valence-electron chi connectivity index (χ3n) is 2.47. The number of rotatable bonds is 6. The molecule has 1 aromatic heterocycles. The molecule has 0 fully saturated rings. The van der Waals surface area contributed by atoms with Gasteiger partial charge in [0.25, 0.3) is 0 Å². The second-order valence-electron chi connectivity index (χ2n) is 4.04. The zero-order valence-corrected chi connectivity index (χ0v) is 11.1. The summed E-state index contributed by atoms with van der Waals surface area (Å²) in [5.74, 6) is 0.894. The first-order valence-electron chi connectivity index (χ1n) is 5.54. The number of aromatic nitrogens is 1. The van der Waals surface area contributed by atoms with Gasteiger partial charge in [-0.25, -0.2) is 4.98 Å². The van der Waals surface area contributed by atoms with E-state index in [1.165, 1.54) is 0 Å². The number of hydrogen-bond acceptors (Lipinski definition) is 5. The molecule has 0 aliphatic carbocycles. The Bertz CT molecular complexity index is 340. The van der Waals surface area contributed by atoms with Crippen molar-refractivity contribution in [3.63, 3.8) is 0 Å². The third kappa shape index (κ3) is 3.57. The minimum absolute atomic E-state index is 0.0351. The fourth-order valence-corrected chi connectivity index (χ4v) is 1.68. The Morgan fingerprint density at radius 3 is 2.47 bits per heavy atom. The maximum atomic E-state index is 5.22. The summed E-state index contributed by atoms with van der Waals surface area (Å²) in [5.41, 5.74) is 0.962. The fraction of sp³-hybridized carbons (Fsp3) is 0.583. The van der Waals surface area contributed by atoms with Crippen LogP contribution in [-0.2, 0) is 9.47 Å². The molecule has 0 amide bonds. The minimum Gasteiger partial charge on any atom is -0.374 e. The predicted molar refractivity (Wildman–Crippen MR) is 69.5 cm³/mol. The molecule has 5 nitrogen and oxygen atoms in total. The topological polar surface area (TPSA) is 46.6 Å². The molecule has 0 aliphatic rings. The number of pyridine rings is 1. The summed E-state index contributed by atoms with van der Waals surface area (Å²) in [6.45, 7) is 2.00. The van der Waals surface area contributed by atoms with Crippen molar-refractivity contribution in [1.82, 2.24) is 4.98 Å². The predicted octanol–water partition coefficient (Wildman–Crippen LogP) is 1.57. The first kappa shape index (κ1) is 13.7. The van der Waals surface area contributed by atoms with Crippen LogP contribution in [-0.4, -0.2) is 45.6 Å². The van der Waals surface area contributed by atoms with Crippen molar-refractivity contribution in [3.05, 3.63) is 18.3 Å². The first-order valence-corrected chi connectivity index (χ1v) is 5.54. The van der Waals surface area contributed by atoms with Crippen molar-refractivity contribution in [2.75, 3.05) is 38.5 Å². The molecule has 1 atom stereocenters. The Labute approximate surface area is 103 Å². The van der Waals surface area contributed by atoms with Crippen LogP contribution >= 0.6 is 0 Å². The van der Waals surface area contributed by atoms with Gasteiger partial charge in [-0.1, -0.05) is 0 Å². The molecule has 1 heterocycles. The summed E-state index contributed by atoms with van der Waals surface area (Å²) in [6, 6.07) is 3.92. The van der Waals surface area contributed by atoms with Gasteiger partial charge in [0.2, 0.25) is 0 Å². The normalized spacial score (nSPS) is 12.6. The molecule has 1 unspecified atom stereocenters. The molecule has 5 heteroatoms. The van der Waals surface area contributed by atoms with Crippen LogP contribution in [0.25, 0.3) is 0 Å². The van der Waals surface area contributed by atoms with Crippen LogP contribution in [0.1, 0.15) is 6.92 Å². The molecule has 0 radical (unpaired) electrons. The van der Waals surface area contributed by atoms with Gasteiger partial charge in [0.15, 0.2) is 12.1 Å². The number of anilines is 2. The second-order valence-corrected chi connectivity index (χ2v) is 4.04. The molecule has 17 heavy (non-hydrogen) atoms. The van der Waals surface area contributed by atoms with Crippen molar-refractivity contribution in [3.8, 4) is 0 Å². The van der Waals surface area contributed by atoms with Crippen LogP contribution in [0.2, 0.25) is 0 Å². The summed E-state index contributed by atoms with van der Waals surface area (Å²) >= 11 is 0. The molecule has 0 bridgehead atoms. The van der Waals surface area contributed by atoms with Crippen molar-refractivity contribution >= 4 is 11.5 Å². The van der Waals surface area contributed by atoms with E-state index in [2.05, 4.69) is 10.3 Å². The van der Waals surface area contributed by atoms with Gasteiger partial charge in [0.1, 0.15) is 0 Å². The van der Waals surface area contributed by atoms with Crippen LogP contribution in [0, 0.1) is 0 Å². The first-order chi connectivity index (χ1) is 8.10. The standard InChI is InChI=1S/C12H21N3O2/c1-9(12(16-4)17-5)14-10-7-6-8-13-11(10)15(2)3/h6-9,12,14H,1-5H3. The molecular formula is C12H21N3O2. The van der Waals surface area contributed by atoms with Gasteiger partial charge in [0.05, 0.1) is 11.7 Å². The lowest BCUT2D eigenvalue weighted by Crippen LogP contribution is -2.34. The lowest BCUT2D eigenvalue weighted by Gasteiger charge is -2.25. The van der Waals surface area contributed by atoms with Gasteiger partial charge >= 0.3 is 0 Å². The average molecular weight is 239 g/mol. The van der Waals surface area contributed by atoms with Crippen LogP contribution < -0.4 is 10.2 Å². The van der Waals surface area contributed by atoms with E-state index in [9.17, 15) is 0 Å². The van der Waals surface area contributed by atoms with Crippen molar-refractivity contribution < 1.29 is 9.47 Å². The van der Waals surface area contributed by atoms with Crippen molar-refractivity contribution in [1.29, 1.82) is 0 Å². The summed E-state index contributed by atoms with van der Waals surface area (Å²) in [6.07, 6.45) is 1.49. The second kappa shape index (κ2) is 6.42. The minimum atomic E-state index is -0.287. The Hall–Kier alpha value is -1.33. The van der Waals surface area contributed by atoms with E-state index in [4.69, 9.17) is 9.47 Å². The van der Waals surface area contributed by atoms with E-state index in [-0.39, 0.29) is 12.3 Å². The van der Waals surface area contributed by atoms with Crippen LogP contribution in [0.3, 0.4) is 0 Å².